The van der Waals surface area contributed by atoms with E-state index in [0.717, 1.165) is 23.2 Å². The van der Waals surface area contributed by atoms with E-state index in [1.165, 1.54) is 6.26 Å². The first-order chi connectivity index (χ1) is 15.7. The minimum absolute atomic E-state index is 0.171. The van der Waals surface area contributed by atoms with Crippen molar-refractivity contribution < 1.29 is 14.0 Å². The predicted molar refractivity (Wildman–Crippen MR) is 120 cm³/mol. The highest BCUT2D eigenvalue weighted by molar-refractivity contribution is 5.95. The van der Waals surface area contributed by atoms with Gasteiger partial charge in [-0.1, -0.05) is 54.6 Å². The largest absolute Gasteiger partial charge is 0.459 e. The number of amides is 2. The highest BCUT2D eigenvalue weighted by atomic mass is 16.3. The number of carbonyl (C=O) groups is 2. The Bertz CT molecular complexity index is 1120. The van der Waals surface area contributed by atoms with Crippen LogP contribution in [0.2, 0.25) is 0 Å². The lowest BCUT2D eigenvalue weighted by Crippen LogP contribution is -2.47. The van der Waals surface area contributed by atoms with Gasteiger partial charge in [-0.3, -0.25) is 9.59 Å². The van der Waals surface area contributed by atoms with Crippen LogP contribution in [0.3, 0.4) is 0 Å². The smallest absolute Gasteiger partial charge is 0.287 e. The summed E-state index contributed by atoms with van der Waals surface area (Å²) in [5.41, 5.74) is 3.07. The van der Waals surface area contributed by atoms with Crippen LogP contribution in [0.5, 0.6) is 0 Å². The second-order valence-electron chi connectivity index (χ2n) is 7.46. The van der Waals surface area contributed by atoms with Gasteiger partial charge in [-0.05, 0) is 28.8 Å². The zero-order valence-electron chi connectivity index (χ0n) is 17.5. The molecule has 0 bridgehead atoms. The van der Waals surface area contributed by atoms with E-state index in [1.54, 1.807) is 24.7 Å². The number of aromatic nitrogens is 2. The van der Waals surface area contributed by atoms with E-state index in [1.807, 2.05) is 65.4 Å². The molecule has 1 atom stereocenters. The number of furan rings is 1. The lowest BCUT2D eigenvalue weighted by atomic mass is 10.0. The van der Waals surface area contributed by atoms with Crippen molar-refractivity contribution in [1.82, 2.24) is 20.2 Å². The molecule has 0 saturated carbocycles. The first kappa shape index (κ1) is 21.1. The third-order valence-electron chi connectivity index (χ3n) is 5.06. The van der Waals surface area contributed by atoms with E-state index in [0.29, 0.717) is 13.0 Å². The number of benzene rings is 2. The van der Waals surface area contributed by atoms with Gasteiger partial charge >= 0.3 is 0 Å². The third-order valence-corrected chi connectivity index (χ3v) is 5.06. The SMILES string of the molecule is O=C(NC(Cc1ccccc1)C(=O)NCc1ccc(Cn2ccnc2)cc1)c1ccco1. The number of nitrogens with zero attached hydrogens (tertiary/aromatic N) is 2. The molecule has 0 saturated heterocycles. The molecule has 2 N–H and O–H groups in total. The molecule has 2 aromatic carbocycles. The molecule has 0 aliphatic carbocycles. The summed E-state index contributed by atoms with van der Waals surface area (Å²) in [6, 6.07) is 20.1. The second kappa shape index (κ2) is 10.3. The lowest BCUT2D eigenvalue weighted by molar-refractivity contribution is -0.123. The Labute approximate surface area is 186 Å². The Hall–Kier alpha value is -4.13. The predicted octanol–water partition coefficient (Wildman–Crippen LogP) is 3.18. The number of imidazole rings is 1. The molecule has 0 radical (unpaired) electrons. The maximum Gasteiger partial charge on any atom is 0.287 e. The highest BCUT2D eigenvalue weighted by Gasteiger charge is 2.22. The minimum atomic E-state index is -0.726. The van der Waals surface area contributed by atoms with E-state index in [4.69, 9.17) is 4.42 Å². The summed E-state index contributed by atoms with van der Waals surface area (Å²) in [7, 11) is 0. The zero-order chi connectivity index (χ0) is 22.2. The van der Waals surface area contributed by atoms with Crippen molar-refractivity contribution in [3.8, 4) is 0 Å². The monoisotopic (exact) mass is 428 g/mol. The van der Waals surface area contributed by atoms with Gasteiger partial charge in [0.15, 0.2) is 5.76 Å². The van der Waals surface area contributed by atoms with Gasteiger partial charge in [0.1, 0.15) is 6.04 Å². The maximum atomic E-state index is 12.9. The van der Waals surface area contributed by atoms with Crippen molar-refractivity contribution in [3.05, 3.63) is 114 Å². The van der Waals surface area contributed by atoms with Crippen LogP contribution in [0.1, 0.15) is 27.2 Å². The Balaban J connectivity index is 1.38. The van der Waals surface area contributed by atoms with E-state index < -0.39 is 11.9 Å². The molecule has 4 aromatic rings. The summed E-state index contributed by atoms with van der Waals surface area (Å²) in [5, 5.41) is 5.72. The average molecular weight is 428 g/mol. The Kier molecular flexibility index (Phi) is 6.77. The molecule has 7 heteroatoms. The number of carbonyl (C=O) groups excluding carboxylic acids is 2. The van der Waals surface area contributed by atoms with Crippen LogP contribution in [0.15, 0.2) is 96.1 Å². The Morgan fingerprint density at radius 1 is 0.938 bits per heavy atom. The Morgan fingerprint density at radius 2 is 1.72 bits per heavy atom. The molecular formula is C25H24N4O3. The van der Waals surface area contributed by atoms with Crippen LogP contribution in [-0.2, 0) is 24.3 Å². The highest BCUT2D eigenvalue weighted by Crippen LogP contribution is 2.09. The van der Waals surface area contributed by atoms with Crippen LogP contribution in [-0.4, -0.2) is 27.4 Å². The molecule has 0 fully saturated rings. The van der Waals surface area contributed by atoms with Crippen LogP contribution >= 0.6 is 0 Å². The van der Waals surface area contributed by atoms with Crippen molar-refractivity contribution in [3.63, 3.8) is 0 Å². The molecule has 2 aromatic heterocycles. The summed E-state index contributed by atoms with van der Waals surface area (Å²) < 4.78 is 7.15. The maximum absolute atomic E-state index is 12.9. The molecule has 1 unspecified atom stereocenters. The van der Waals surface area contributed by atoms with E-state index in [2.05, 4.69) is 15.6 Å². The van der Waals surface area contributed by atoms with Crippen LogP contribution in [0.4, 0.5) is 0 Å². The van der Waals surface area contributed by atoms with E-state index >= 15 is 0 Å². The fraction of sp³-hybridized carbons (Fsp3) is 0.160. The van der Waals surface area contributed by atoms with Gasteiger partial charge < -0.3 is 19.6 Å². The molecule has 0 spiro atoms. The van der Waals surface area contributed by atoms with Crippen molar-refractivity contribution in [2.24, 2.45) is 0 Å². The second-order valence-corrected chi connectivity index (χ2v) is 7.46. The number of hydrogen-bond donors (Lipinski definition) is 2. The lowest BCUT2D eigenvalue weighted by Gasteiger charge is -2.18. The summed E-state index contributed by atoms with van der Waals surface area (Å²) >= 11 is 0. The summed E-state index contributed by atoms with van der Waals surface area (Å²) in [6.07, 6.45) is 7.25. The molecule has 7 nitrogen and oxygen atoms in total. The molecule has 0 aliphatic rings. The number of rotatable bonds is 9. The Morgan fingerprint density at radius 3 is 2.41 bits per heavy atom. The van der Waals surface area contributed by atoms with Gasteiger partial charge in [-0.25, -0.2) is 4.98 Å². The fourth-order valence-electron chi connectivity index (χ4n) is 3.36. The van der Waals surface area contributed by atoms with Crippen molar-refractivity contribution in [2.75, 3.05) is 0 Å². The third kappa shape index (κ3) is 5.72. The molecule has 2 amide bonds. The van der Waals surface area contributed by atoms with Gasteiger partial charge in [0.2, 0.25) is 5.91 Å². The fourth-order valence-corrected chi connectivity index (χ4v) is 3.36. The van der Waals surface area contributed by atoms with Gasteiger partial charge in [-0.2, -0.15) is 0 Å². The minimum Gasteiger partial charge on any atom is -0.459 e. The van der Waals surface area contributed by atoms with Crippen LogP contribution in [0, 0.1) is 0 Å². The average Bonchev–Trinajstić information content (AvgIpc) is 3.53. The van der Waals surface area contributed by atoms with Crippen LogP contribution < -0.4 is 10.6 Å². The summed E-state index contributed by atoms with van der Waals surface area (Å²) in [6.45, 7) is 1.11. The quantitative estimate of drug-likeness (QED) is 0.429. The van der Waals surface area contributed by atoms with Gasteiger partial charge in [-0.15, -0.1) is 0 Å². The van der Waals surface area contributed by atoms with Crippen molar-refractivity contribution in [1.29, 1.82) is 0 Å². The molecule has 2 heterocycles. The van der Waals surface area contributed by atoms with E-state index in [-0.39, 0.29) is 11.7 Å². The van der Waals surface area contributed by atoms with Gasteiger partial charge in [0.25, 0.3) is 5.91 Å². The van der Waals surface area contributed by atoms with Gasteiger partial charge in [0.05, 0.1) is 12.6 Å². The van der Waals surface area contributed by atoms with Crippen LogP contribution in [0.25, 0.3) is 0 Å². The summed E-state index contributed by atoms with van der Waals surface area (Å²) in [4.78, 5) is 29.4. The molecule has 162 valence electrons. The standard InChI is InChI=1S/C25H24N4O3/c30-24(27-16-20-8-10-21(11-9-20)17-29-13-12-26-18-29)22(15-19-5-2-1-3-6-19)28-25(31)23-7-4-14-32-23/h1-14,18,22H,15-17H2,(H,27,30)(H,28,31). The molecular weight excluding hydrogens is 404 g/mol. The summed E-state index contributed by atoms with van der Waals surface area (Å²) in [5.74, 6) is -0.504. The normalized spacial score (nSPS) is 11.6. The molecule has 32 heavy (non-hydrogen) atoms. The first-order valence-electron chi connectivity index (χ1n) is 10.4. The van der Waals surface area contributed by atoms with Gasteiger partial charge in [0, 0.05) is 31.9 Å². The van der Waals surface area contributed by atoms with E-state index in [9.17, 15) is 9.59 Å². The number of nitrogens with one attached hydrogen (secondary N) is 2. The zero-order valence-corrected chi connectivity index (χ0v) is 17.5. The first-order valence-corrected chi connectivity index (χ1v) is 10.4. The topological polar surface area (TPSA) is 89.2 Å². The van der Waals surface area contributed by atoms with Crippen molar-refractivity contribution >= 4 is 11.8 Å². The number of hydrogen-bond acceptors (Lipinski definition) is 4. The molecule has 0 aliphatic heterocycles. The molecule has 4 rings (SSSR count). The van der Waals surface area contributed by atoms with Crippen molar-refractivity contribution in [2.45, 2.75) is 25.6 Å².